The fraction of sp³-hybridized carbons (Fsp3) is 0.480. The van der Waals surface area contributed by atoms with Gasteiger partial charge in [0.1, 0.15) is 30.5 Å². The molecule has 0 aromatic heterocycles. The number of carbonyl (C=O) groups excluding carboxylic acids is 1. The summed E-state index contributed by atoms with van der Waals surface area (Å²) in [6, 6.07) is 13.8. The maximum atomic E-state index is 12.7. The third kappa shape index (κ3) is 9.02. The largest absolute Gasteiger partial charge is 0.491 e. The Morgan fingerprint density at radius 3 is 1.35 bits per heavy atom. The van der Waals surface area contributed by atoms with Crippen molar-refractivity contribution in [3.8, 4) is 11.5 Å². The maximum Gasteiger partial charge on any atom is 0.176 e. The lowest BCUT2D eigenvalue weighted by Crippen LogP contribution is -2.41. The molecule has 9 heteroatoms. The highest BCUT2D eigenvalue weighted by molar-refractivity contribution is 5.80. The van der Waals surface area contributed by atoms with E-state index >= 15 is 0 Å². The lowest BCUT2D eigenvalue weighted by molar-refractivity contribution is -0.204. The number of hydrogen-bond acceptors (Lipinski definition) is 9. The molecule has 2 aromatic rings. The third-order valence-corrected chi connectivity index (χ3v) is 5.23. The van der Waals surface area contributed by atoms with E-state index in [9.17, 15) is 15.0 Å². The minimum atomic E-state index is -1.76. The van der Waals surface area contributed by atoms with Crippen LogP contribution in [0, 0.1) is 0 Å². The second-order valence-electron chi connectivity index (χ2n) is 7.98. The first-order chi connectivity index (χ1) is 16.2. The summed E-state index contributed by atoms with van der Waals surface area (Å²) in [6.45, 7) is 0.177. The third-order valence-electron chi connectivity index (χ3n) is 5.23. The summed E-state index contributed by atoms with van der Waals surface area (Å²) < 4.78 is 21.1. The molecule has 188 valence electrons. The fourth-order valence-electron chi connectivity index (χ4n) is 3.46. The van der Waals surface area contributed by atoms with E-state index in [1.54, 1.807) is 48.5 Å². The summed E-state index contributed by atoms with van der Waals surface area (Å²) in [5.41, 5.74) is 1.44. The number of aliphatic hydroxyl groups excluding tert-OH is 2. The second kappa shape index (κ2) is 13.4. The highest BCUT2D eigenvalue weighted by Gasteiger charge is 2.36. The molecule has 0 aliphatic heterocycles. The molecule has 0 saturated heterocycles. The Labute approximate surface area is 199 Å². The maximum absolute atomic E-state index is 12.7. The van der Waals surface area contributed by atoms with Crippen LogP contribution in [0.3, 0.4) is 0 Å². The van der Waals surface area contributed by atoms with Gasteiger partial charge in [-0.05, 0) is 35.4 Å². The standard InChI is InChI=1S/C25H34O9/c1-31-24(29,15-19-3-7-22(8-4-19)33-13-11-26)17-21(28)18-25(30,32-2)16-20-5-9-23(10-6-20)34-14-12-27/h3-10,26-27,29-30H,11-18H2,1-2H3. The van der Waals surface area contributed by atoms with E-state index in [1.165, 1.54) is 14.2 Å². The molecule has 9 nitrogen and oxygen atoms in total. The van der Waals surface area contributed by atoms with Gasteiger partial charge in [0.15, 0.2) is 11.6 Å². The van der Waals surface area contributed by atoms with Gasteiger partial charge in [0.25, 0.3) is 0 Å². The van der Waals surface area contributed by atoms with Crippen molar-refractivity contribution in [1.29, 1.82) is 0 Å². The van der Waals surface area contributed by atoms with Gasteiger partial charge in [-0.3, -0.25) is 4.79 Å². The number of methoxy groups -OCH3 is 2. The van der Waals surface area contributed by atoms with Crippen LogP contribution in [0.15, 0.2) is 48.5 Å². The molecule has 0 spiro atoms. The summed E-state index contributed by atoms with van der Waals surface area (Å²) in [6.07, 6.45) is -0.579. The predicted molar refractivity (Wildman–Crippen MR) is 124 cm³/mol. The minimum Gasteiger partial charge on any atom is -0.491 e. The molecule has 0 amide bonds. The number of ketones is 1. The van der Waals surface area contributed by atoms with E-state index in [0.29, 0.717) is 11.5 Å². The van der Waals surface area contributed by atoms with Gasteiger partial charge in [-0.2, -0.15) is 0 Å². The summed E-state index contributed by atoms with van der Waals surface area (Å²) in [7, 11) is 2.63. The van der Waals surface area contributed by atoms with Crippen LogP contribution < -0.4 is 9.47 Å². The van der Waals surface area contributed by atoms with E-state index < -0.39 is 17.4 Å². The molecule has 0 aliphatic rings. The van der Waals surface area contributed by atoms with E-state index in [1.807, 2.05) is 0 Å². The van der Waals surface area contributed by atoms with Crippen LogP contribution in [0.4, 0.5) is 0 Å². The number of hydrogen-bond donors (Lipinski definition) is 4. The van der Waals surface area contributed by atoms with Gasteiger partial charge in [0.05, 0.1) is 26.1 Å². The Bertz CT molecular complexity index is 797. The normalized spacial score (nSPS) is 14.8. The molecule has 4 N–H and O–H groups in total. The average molecular weight is 479 g/mol. The zero-order chi connectivity index (χ0) is 25.0. The van der Waals surface area contributed by atoms with E-state index in [0.717, 1.165) is 11.1 Å². The number of ether oxygens (including phenoxy) is 4. The number of rotatable bonds is 16. The van der Waals surface area contributed by atoms with Crippen LogP contribution in [-0.4, -0.2) is 78.4 Å². The topological polar surface area (TPSA) is 135 Å². The quantitative estimate of drug-likeness (QED) is 0.263. The van der Waals surface area contributed by atoms with Gasteiger partial charge in [0, 0.05) is 27.1 Å². The lowest BCUT2D eigenvalue weighted by Gasteiger charge is -2.29. The van der Waals surface area contributed by atoms with E-state index in [4.69, 9.17) is 29.2 Å². The SMILES string of the molecule is COC(O)(CC(=O)CC(O)(Cc1ccc(OCCO)cc1)OC)Cc1ccc(OCCO)cc1. The van der Waals surface area contributed by atoms with Crippen LogP contribution in [0.25, 0.3) is 0 Å². The minimum absolute atomic E-state index is 0.0518. The molecule has 2 rings (SSSR count). The zero-order valence-corrected chi connectivity index (χ0v) is 19.6. The van der Waals surface area contributed by atoms with Crippen LogP contribution in [-0.2, 0) is 27.1 Å². The fourth-order valence-corrected chi connectivity index (χ4v) is 3.46. The predicted octanol–water partition coefficient (Wildman–Crippen LogP) is 1.23. The number of Topliss-reactive ketones (excluding diaryl/α,β-unsaturated/α-hetero) is 1. The molecule has 0 saturated carbocycles. The average Bonchev–Trinajstić information content (AvgIpc) is 2.83. The first kappa shape index (κ1) is 27.7. The molecular formula is C25H34O9. The molecule has 0 bridgehead atoms. The van der Waals surface area contributed by atoms with Crippen molar-refractivity contribution in [2.75, 3.05) is 40.6 Å². The van der Waals surface area contributed by atoms with Crippen molar-refractivity contribution in [1.82, 2.24) is 0 Å². The molecule has 2 unspecified atom stereocenters. The smallest absolute Gasteiger partial charge is 0.176 e. The van der Waals surface area contributed by atoms with E-state index in [2.05, 4.69) is 0 Å². The van der Waals surface area contributed by atoms with Crippen molar-refractivity contribution in [2.24, 2.45) is 0 Å². The summed E-state index contributed by atoms with van der Waals surface area (Å²) in [5.74, 6) is -2.80. The molecule has 34 heavy (non-hydrogen) atoms. The Balaban J connectivity index is 1.97. The van der Waals surface area contributed by atoms with Gasteiger partial charge < -0.3 is 39.4 Å². The van der Waals surface area contributed by atoms with Crippen molar-refractivity contribution in [2.45, 2.75) is 37.3 Å². The van der Waals surface area contributed by atoms with Gasteiger partial charge in [0.2, 0.25) is 0 Å². The molecule has 2 atom stereocenters. The highest BCUT2D eigenvalue weighted by atomic mass is 16.6. The zero-order valence-electron chi connectivity index (χ0n) is 19.6. The van der Waals surface area contributed by atoms with Gasteiger partial charge in [-0.1, -0.05) is 24.3 Å². The molecule has 0 fully saturated rings. The monoisotopic (exact) mass is 478 g/mol. The number of carbonyl (C=O) groups is 1. The van der Waals surface area contributed by atoms with Gasteiger partial charge in [-0.25, -0.2) is 0 Å². The molecule has 0 radical (unpaired) electrons. The number of aliphatic hydroxyl groups is 4. The van der Waals surface area contributed by atoms with Gasteiger partial charge in [-0.15, -0.1) is 0 Å². The van der Waals surface area contributed by atoms with Crippen LogP contribution in [0.5, 0.6) is 11.5 Å². The first-order valence-corrected chi connectivity index (χ1v) is 11.0. The Kier molecular flexibility index (Phi) is 10.9. The summed E-state index contributed by atoms with van der Waals surface area (Å²) in [5, 5.41) is 39.4. The first-order valence-electron chi connectivity index (χ1n) is 11.0. The number of benzene rings is 2. The van der Waals surface area contributed by atoms with Crippen molar-refractivity contribution in [3.05, 3.63) is 59.7 Å². The van der Waals surface area contributed by atoms with Crippen LogP contribution in [0.2, 0.25) is 0 Å². The van der Waals surface area contributed by atoms with Crippen LogP contribution >= 0.6 is 0 Å². The second-order valence-corrected chi connectivity index (χ2v) is 7.98. The highest BCUT2D eigenvalue weighted by Crippen LogP contribution is 2.26. The van der Waals surface area contributed by atoms with Crippen molar-refractivity contribution >= 4 is 5.78 Å². The molecule has 0 heterocycles. The Hall–Kier alpha value is -2.53. The van der Waals surface area contributed by atoms with Crippen molar-refractivity contribution < 1.29 is 44.2 Å². The summed E-state index contributed by atoms with van der Waals surface area (Å²) in [4.78, 5) is 12.7. The lowest BCUT2D eigenvalue weighted by atomic mass is 9.94. The Morgan fingerprint density at radius 2 is 1.06 bits per heavy atom. The molecular weight excluding hydrogens is 444 g/mol. The molecule has 2 aromatic carbocycles. The van der Waals surface area contributed by atoms with Crippen molar-refractivity contribution in [3.63, 3.8) is 0 Å². The summed E-state index contributed by atoms with van der Waals surface area (Å²) >= 11 is 0. The van der Waals surface area contributed by atoms with Crippen LogP contribution in [0.1, 0.15) is 24.0 Å². The van der Waals surface area contributed by atoms with Gasteiger partial charge >= 0.3 is 0 Å². The molecule has 0 aliphatic carbocycles. The van der Waals surface area contributed by atoms with E-state index in [-0.39, 0.29) is 52.1 Å². The Morgan fingerprint density at radius 1 is 0.706 bits per heavy atom.